The van der Waals surface area contributed by atoms with Gasteiger partial charge in [0.2, 0.25) is 0 Å². The van der Waals surface area contributed by atoms with Crippen molar-refractivity contribution in [2.45, 2.75) is 6.54 Å². The molecular formula is C23H16I2N2O2S. The quantitative estimate of drug-likeness (QED) is 0.266. The number of aromatic hydroxyl groups is 1. The Morgan fingerprint density at radius 3 is 2.20 bits per heavy atom. The second-order valence-corrected chi connectivity index (χ2v) is 9.88. The van der Waals surface area contributed by atoms with Crippen molar-refractivity contribution in [3.8, 4) is 5.75 Å². The first kappa shape index (κ1) is 21.4. The SMILES string of the molecule is O=C1/C(=C\c2cc(I)c(O)c(I)c2)SC(=Nc2ccccc2)N1Cc1ccccc1. The molecule has 0 aromatic heterocycles. The van der Waals surface area contributed by atoms with Gasteiger partial charge in [0, 0.05) is 0 Å². The third-order valence-electron chi connectivity index (χ3n) is 4.39. The summed E-state index contributed by atoms with van der Waals surface area (Å²) in [5, 5.41) is 10.7. The van der Waals surface area contributed by atoms with Crippen LogP contribution in [0.2, 0.25) is 0 Å². The Morgan fingerprint density at radius 1 is 0.967 bits per heavy atom. The van der Waals surface area contributed by atoms with Crippen LogP contribution < -0.4 is 0 Å². The number of hydrogen-bond acceptors (Lipinski definition) is 4. The Labute approximate surface area is 206 Å². The second-order valence-electron chi connectivity index (χ2n) is 6.55. The van der Waals surface area contributed by atoms with Gasteiger partial charge in [0.1, 0.15) is 5.75 Å². The van der Waals surface area contributed by atoms with E-state index >= 15 is 0 Å². The van der Waals surface area contributed by atoms with Gasteiger partial charge >= 0.3 is 0 Å². The standard InChI is InChI=1S/C23H16I2N2O2S/c24-18-11-16(12-19(25)21(18)28)13-20-22(29)27(14-15-7-3-1-4-8-15)23(30-20)26-17-9-5-2-6-10-17/h1-13,28H,14H2/b20-13+,26-23?. The van der Waals surface area contributed by atoms with Gasteiger partial charge in [-0.15, -0.1) is 0 Å². The van der Waals surface area contributed by atoms with E-state index in [1.165, 1.54) is 11.8 Å². The lowest BCUT2D eigenvalue weighted by atomic mass is 10.2. The van der Waals surface area contributed by atoms with E-state index in [2.05, 4.69) is 45.2 Å². The van der Waals surface area contributed by atoms with E-state index in [0.29, 0.717) is 16.6 Å². The van der Waals surface area contributed by atoms with Crippen molar-refractivity contribution in [2.24, 2.45) is 4.99 Å². The number of thioether (sulfide) groups is 1. The lowest BCUT2D eigenvalue weighted by Crippen LogP contribution is -2.28. The number of amides is 1. The fraction of sp³-hybridized carbons (Fsp3) is 0.0435. The predicted molar refractivity (Wildman–Crippen MR) is 140 cm³/mol. The fourth-order valence-corrected chi connectivity index (χ4v) is 5.74. The molecule has 1 N–H and O–H groups in total. The van der Waals surface area contributed by atoms with E-state index in [4.69, 9.17) is 4.99 Å². The van der Waals surface area contributed by atoms with Crippen LogP contribution in [0.4, 0.5) is 5.69 Å². The van der Waals surface area contributed by atoms with Gasteiger partial charge in [-0.3, -0.25) is 9.69 Å². The van der Waals surface area contributed by atoms with Gasteiger partial charge in [-0.1, -0.05) is 48.5 Å². The smallest absolute Gasteiger partial charge is 0.267 e. The van der Waals surface area contributed by atoms with Gasteiger partial charge in [0.05, 0.1) is 24.3 Å². The zero-order chi connectivity index (χ0) is 21.1. The number of halogens is 2. The molecule has 1 amide bonds. The molecule has 7 heteroatoms. The molecule has 0 unspecified atom stereocenters. The molecule has 0 aliphatic carbocycles. The molecule has 1 aliphatic heterocycles. The molecule has 0 atom stereocenters. The molecular weight excluding hydrogens is 622 g/mol. The van der Waals surface area contributed by atoms with E-state index in [-0.39, 0.29) is 11.7 Å². The van der Waals surface area contributed by atoms with Gasteiger partial charge in [0.15, 0.2) is 5.17 Å². The molecule has 150 valence electrons. The minimum absolute atomic E-state index is 0.0726. The molecule has 0 bridgehead atoms. The number of para-hydroxylation sites is 1. The average molecular weight is 638 g/mol. The maximum Gasteiger partial charge on any atom is 0.267 e. The van der Waals surface area contributed by atoms with E-state index in [1.54, 1.807) is 4.90 Å². The lowest BCUT2D eigenvalue weighted by Gasteiger charge is -2.15. The molecule has 0 radical (unpaired) electrons. The van der Waals surface area contributed by atoms with Gasteiger partial charge in [-0.2, -0.15) is 0 Å². The number of carbonyl (C=O) groups is 1. The Bertz CT molecular complexity index is 1130. The van der Waals surface area contributed by atoms with Crippen molar-refractivity contribution >= 4 is 79.8 Å². The van der Waals surface area contributed by atoms with Crippen LogP contribution in [0, 0.1) is 7.14 Å². The number of benzene rings is 3. The van der Waals surface area contributed by atoms with Crippen LogP contribution in [0.15, 0.2) is 82.7 Å². The molecule has 1 saturated heterocycles. The maximum absolute atomic E-state index is 13.3. The van der Waals surface area contributed by atoms with Gasteiger partial charge in [-0.25, -0.2) is 4.99 Å². The van der Waals surface area contributed by atoms with Crippen LogP contribution in [-0.2, 0) is 11.3 Å². The summed E-state index contributed by atoms with van der Waals surface area (Å²) in [4.78, 5) is 20.3. The number of nitrogens with zero attached hydrogens (tertiary/aromatic N) is 2. The van der Waals surface area contributed by atoms with Crippen molar-refractivity contribution in [3.05, 3.63) is 96.0 Å². The Morgan fingerprint density at radius 2 is 1.57 bits per heavy atom. The zero-order valence-electron chi connectivity index (χ0n) is 15.6. The van der Waals surface area contributed by atoms with Gasteiger partial charge in [0.25, 0.3) is 5.91 Å². The number of phenols is 1. The second kappa shape index (κ2) is 9.52. The summed E-state index contributed by atoms with van der Waals surface area (Å²) >= 11 is 5.56. The summed E-state index contributed by atoms with van der Waals surface area (Å²) in [6.07, 6.45) is 1.86. The highest BCUT2D eigenvalue weighted by Crippen LogP contribution is 2.36. The minimum Gasteiger partial charge on any atom is -0.506 e. The summed E-state index contributed by atoms with van der Waals surface area (Å²) < 4.78 is 1.50. The number of amidine groups is 1. The van der Waals surface area contributed by atoms with Crippen molar-refractivity contribution in [2.75, 3.05) is 0 Å². The highest BCUT2D eigenvalue weighted by atomic mass is 127. The first-order valence-corrected chi connectivity index (χ1v) is 12.1. The topological polar surface area (TPSA) is 52.9 Å². The van der Waals surface area contributed by atoms with Crippen LogP contribution >= 0.6 is 56.9 Å². The first-order valence-electron chi connectivity index (χ1n) is 9.08. The molecule has 0 spiro atoms. The van der Waals surface area contributed by atoms with Crippen molar-refractivity contribution in [3.63, 3.8) is 0 Å². The monoisotopic (exact) mass is 638 g/mol. The van der Waals surface area contributed by atoms with Crippen molar-refractivity contribution < 1.29 is 9.90 Å². The predicted octanol–water partition coefficient (Wildman–Crippen LogP) is 6.41. The van der Waals surface area contributed by atoms with Crippen molar-refractivity contribution in [1.29, 1.82) is 0 Å². The van der Waals surface area contributed by atoms with Crippen LogP contribution in [0.1, 0.15) is 11.1 Å². The number of rotatable bonds is 4. The summed E-state index contributed by atoms with van der Waals surface area (Å²) in [7, 11) is 0. The molecule has 4 nitrogen and oxygen atoms in total. The Hall–Kier alpha value is -1.85. The highest BCUT2D eigenvalue weighted by molar-refractivity contribution is 14.1. The van der Waals surface area contributed by atoms with Crippen LogP contribution in [-0.4, -0.2) is 21.1 Å². The molecule has 4 rings (SSSR count). The zero-order valence-corrected chi connectivity index (χ0v) is 20.8. The van der Waals surface area contributed by atoms with E-state index < -0.39 is 0 Å². The minimum atomic E-state index is -0.0726. The molecule has 30 heavy (non-hydrogen) atoms. The third kappa shape index (κ3) is 4.89. The number of carbonyl (C=O) groups excluding carboxylic acids is 1. The van der Waals surface area contributed by atoms with Gasteiger partial charge < -0.3 is 5.11 Å². The molecule has 1 heterocycles. The van der Waals surface area contributed by atoms with E-state index in [0.717, 1.165) is 24.0 Å². The maximum atomic E-state index is 13.3. The molecule has 3 aromatic rings. The fourth-order valence-electron chi connectivity index (χ4n) is 2.93. The Kier molecular flexibility index (Phi) is 6.79. The third-order valence-corrected chi connectivity index (χ3v) is 7.04. The number of hydrogen-bond donors (Lipinski definition) is 1. The van der Waals surface area contributed by atoms with Gasteiger partial charge in [-0.05, 0) is 98.4 Å². The number of aliphatic imine (C=N–C) groups is 1. The van der Waals surface area contributed by atoms with E-state index in [9.17, 15) is 9.90 Å². The van der Waals surface area contributed by atoms with Crippen LogP contribution in [0.25, 0.3) is 6.08 Å². The highest BCUT2D eigenvalue weighted by Gasteiger charge is 2.33. The van der Waals surface area contributed by atoms with Crippen LogP contribution in [0.5, 0.6) is 5.75 Å². The first-order chi connectivity index (χ1) is 14.5. The average Bonchev–Trinajstić information content (AvgIpc) is 3.02. The largest absolute Gasteiger partial charge is 0.506 e. The molecule has 1 fully saturated rings. The van der Waals surface area contributed by atoms with E-state index in [1.807, 2.05) is 78.9 Å². The van der Waals surface area contributed by atoms with Crippen LogP contribution in [0.3, 0.4) is 0 Å². The number of phenolic OH excluding ortho intramolecular Hbond substituents is 1. The molecule has 3 aromatic carbocycles. The molecule has 1 aliphatic rings. The molecule has 0 saturated carbocycles. The lowest BCUT2D eigenvalue weighted by molar-refractivity contribution is -0.122. The summed E-state index contributed by atoms with van der Waals surface area (Å²) in [6, 6.07) is 23.3. The summed E-state index contributed by atoms with van der Waals surface area (Å²) in [5.41, 5.74) is 2.72. The summed E-state index contributed by atoms with van der Waals surface area (Å²) in [5.74, 6) is 0.192. The Balaban J connectivity index is 1.72. The normalized spacial score (nSPS) is 16.6. The van der Waals surface area contributed by atoms with Crippen molar-refractivity contribution in [1.82, 2.24) is 4.90 Å². The summed E-state index contributed by atoms with van der Waals surface area (Å²) in [6.45, 7) is 0.459.